The van der Waals surface area contributed by atoms with Crippen LogP contribution >= 0.6 is 0 Å². The Bertz CT molecular complexity index is 1190. The largest absolute Gasteiger partial charge is 0.481 e. The minimum absolute atomic E-state index is 0.0234. The van der Waals surface area contributed by atoms with Crippen LogP contribution in [0.15, 0.2) is 71.6 Å². The number of hydrogen-bond donors (Lipinski definition) is 2. The minimum Gasteiger partial charge on any atom is -0.481 e. The van der Waals surface area contributed by atoms with Gasteiger partial charge in [0.2, 0.25) is 15.9 Å². The van der Waals surface area contributed by atoms with Gasteiger partial charge in [-0.3, -0.25) is 4.79 Å². The van der Waals surface area contributed by atoms with Gasteiger partial charge in [-0.2, -0.15) is 4.72 Å². The highest BCUT2D eigenvalue weighted by Gasteiger charge is 2.13. The van der Waals surface area contributed by atoms with E-state index in [0.717, 1.165) is 10.8 Å². The Balaban J connectivity index is 1.53. The van der Waals surface area contributed by atoms with E-state index in [1.165, 1.54) is 6.92 Å². The molecule has 148 valence electrons. The summed E-state index contributed by atoms with van der Waals surface area (Å²) in [6.07, 6.45) is 0. The molecular weight excluding hydrogens is 388 g/mol. The van der Waals surface area contributed by atoms with Crippen molar-refractivity contribution in [3.05, 3.63) is 66.7 Å². The average Bonchev–Trinajstić information content (AvgIpc) is 2.70. The number of sulfonamides is 1. The van der Waals surface area contributed by atoms with Crippen molar-refractivity contribution in [3.8, 4) is 17.6 Å². The van der Waals surface area contributed by atoms with E-state index in [4.69, 9.17) is 4.74 Å². The third-order valence-corrected chi connectivity index (χ3v) is 5.37. The van der Waals surface area contributed by atoms with E-state index in [2.05, 4.69) is 21.9 Å². The molecule has 0 spiro atoms. The lowest BCUT2D eigenvalue weighted by Gasteiger charge is -2.06. The van der Waals surface area contributed by atoms with Crippen molar-refractivity contribution in [1.82, 2.24) is 4.72 Å². The second-order valence-corrected chi connectivity index (χ2v) is 7.95. The number of benzene rings is 3. The first kappa shape index (κ1) is 20.4. The Morgan fingerprint density at radius 2 is 1.76 bits per heavy atom. The zero-order chi connectivity index (χ0) is 20.7. The summed E-state index contributed by atoms with van der Waals surface area (Å²) in [5.41, 5.74) is 0.631. The monoisotopic (exact) mass is 408 g/mol. The second kappa shape index (κ2) is 9.24. The summed E-state index contributed by atoms with van der Waals surface area (Å²) in [5, 5.41) is 4.50. The molecule has 3 aromatic rings. The van der Waals surface area contributed by atoms with Crippen LogP contribution in [-0.4, -0.2) is 27.5 Å². The molecule has 0 saturated heterocycles. The Labute approximate surface area is 169 Å². The maximum absolute atomic E-state index is 12.4. The number of hydrogen-bond acceptors (Lipinski definition) is 4. The first-order valence-electron chi connectivity index (χ1n) is 8.89. The van der Waals surface area contributed by atoms with Crippen molar-refractivity contribution < 1.29 is 17.9 Å². The topological polar surface area (TPSA) is 84.5 Å². The maximum Gasteiger partial charge on any atom is 0.241 e. The fourth-order valence-electron chi connectivity index (χ4n) is 2.65. The lowest BCUT2D eigenvalue weighted by molar-refractivity contribution is -0.114. The molecule has 0 heterocycles. The van der Waals surface area contributed by atoms with E-state index >= 15 is 0 Å². The first-order chi connectivity index (χ1) is 13.9. The van der Waals surface area contributed by atoms with Crippen LogP contribution in [0.25, 0.3) is 10.8 Å². The van der Waals surface area contributed by atoms with Gasteiger partial charge in [0.05, 0.1) is 11.4 Å². The predicted molar refractivity (Wildman–Crippen MR) is 113 cm³/mol. The van der Waals surface area contributed by atoms with Crippen molar-refractivity contribution in [2.24, 2.45) is 0 Å². The molecule has 2 N–H and O–H groups in total. The SMILES string of the molecule is CC(=O)Nc1cccc(OCC#CCNS(=O)(=O)c2ccc3ccccc3c2)c1. The van der Waals surface area contributed by atoms with Crippen molar-refractivity contribution in [3.63, 3.8) is 0 Å². The van der Waals surface area contributed by atoms with Crippen molar-refractivity contribution in [1.29, 1.82) is 0 Å². The van der Waals surface area contributed by atoms with E-state index in [0.29, 0.717) is 11.4 Å². The summed E-state index contributed by atoms with van der Waals surface area (Å²) in [7, 11) is -3.64. The van der Waals surface area contributed by atoms with Gasteiger partial charge in [-0.1, -0.05) is 48.2 Å². The second-order valence-electron chi connectivity index (χ2n) is 6.18. The molecule has 0 aromatic heterocycles. The zero-order valence-corrected chi connectivity index (χ0v) is 16.6. The Morgan fingerprint density at radius 1 is 0.966 bits per heavy atom. The van der Waals surface area contributed by atoms with Crippen LogP contribution in [0.4, 0.5) is 5.69 Å². The molecule has 7 heteroatoms. The Kier molecular flexibility index (Phi) is 6.50. The van der Waals surface area contributed by atoms with Gasteiger partial charge in [0.25, 0.3) is 0 Å². The van der Waals surface area contributed by atoms with Gasteiger partial charge in [-0.05, 0) is 35.0 Å². The van der Waals surface area contributed by atoms with Crippen LogP contribution in [0, 0.1) is 11.8 Å². The summed E-state index contributed by atoms with van der Waals surface area (Å²) >= 11 is 0. The molecule has 0 atom stereocenters. The van der Waals surface area contributed by atoms with E-state index in [1.54, 1.807) is 42.5 Å². The highest BCUT2D eigenvalue weighted by molar-refractivity contribution is 7.89. The Morgan fingerprint density at radius 3 is 2.55 bits per heavy atom. The Hall–Kier alpha value is -3.34. The zero-order valence-electron chi connectivity index (χ0n) is 15.8. The van der Waals surface area contributed by atoms with Crippen LogP contribution in [0.2, 0.25) is 0 Å². The van der Waals surface area contributed by atoms with Crippen molar-refractivity contribution in [2.75, 3.05) is 18.5 Å². The maximum atomic E-state index is 12.4. The smallest absolute Gasteiger partial charge is 0.241 e. The van der Waals surface area contributed by atoms with Gasteiger partial charge in [0.15, 0.2) is 0 Å². The van der Waals surface area contributed by atoms with Gasteiger partial charge in [-0.15, -0.1) is 0 Å². The van der Waals surface area contributed by atoms with Gasteiger partial charge in [0.1, 0.15) is 12.4 Å². The number of carbonyl (C=O) groups excluding carboxylic acids is 1. The number of rotatable bonds is 6. The fourth-order valence-corrected chi connectivity index (χ4v) is 3.61. The molecule has 29 heavy (non-hydrogen) atoms. The summed E-state index contributed by atoms with van der Waals surface area (Å²) in [6, 6.07) is 19.5. The van der Waals surface area contributed by atoms with E-state index in [9.17, 15) is 13.2 Å². The minimum atomic E-state index is -3.64. The van der Waals surface area contributed by atoms with Crippen LogP contribution in [0.5, 0.6) is 5.75 Å². The first-order valence-corrected chi connectivity index (χ1v) is 10.4. The van der Waals surface area contributed by atoms with Crippen LogP contribution in [0.3, 0.4) is 0 Å². The van der Waals surface area contributed by atoms with Crippen molar-refractivity contribution in [2.45, 2.75) is 11.8 Å². The average molecular weight is 408 g/mol. The molecule has 1 amide bonds. The molecule has 0 unspecified atom stereocenters. The van der Waals surface area contributed by atoms with Crippen LogP contribution in [0.1, 0.15) is 6.92 Å². The molecule has 0 aliphatic rings. The number of anilines is 1. The van der Waals surface area contributed by atoms with Crippen molar-refractivity contribution >= 4 is 32.4 Å². The van der Waals surface area contributed by atoms with Crippen LogP contribution < -0.4 is 14.8 Å². The fraction of sp³-hybridized carbons (Fsp3) is 0.136. The number of nitrogens with one attached hydrogen (secondary N) is 2. The molecular formula is C22H20N2O4S. The molecule has 0 aliphatic heterocycles. The third-order valence-electron chi connectivity index (χ3n) is 3.97. The van der Waals surface area contributed by atoms with E-state index in [-0.39, 0.29) is 24.0 Å². The molecule has 3 aromatic carbocycles. The molecule has 6 nitrogen and oxygen atoms in total. The number of amides is 1. The molecule has 0 bridgehead atoms. The number of ether oxygens (including phenoxy) is 1. The summed E-state index contributed by atoms with van der Waals surface area (Å²) in [5.74, 6) is 5.88. The van der Waals surface area contributed by atoms with E-state index in [1.807, 2.05) is 24.3 Å². The number of carbonyl (C=O) groups is 1. The quantitative estimate of drug-likeness (QED) is 0.614. The lowest BCUT2D eigenvalue weighted by Crippen LogP contribution is -2.24. The standard InChI is InChI=1S/C22H20N2O4S/c1-17(25)24-20-9-6-10-21(16-20)28-14-5-4-13-23-29(26,27)22-12-11-18-7-2-3-8-19(18)15-22/h2-3,6-12,15-16,23H,13-14H2,1H3,(H,24,25). The molecule has 0 saturated carbocycles. The van der Waals surface area contributed by atoms with Gasteiger partial charge >= 0.3 is 0 Å². The van der Waals surface area contributed by atoms with Crippen LogP contribution in [-0.2, 0) is 14.8 Å². The van der Waals surface area contributed by atoms with Gasteiger partial charge in [-0.25, -0.2) is 8.42 Å². The molecule has 0 radical (unpaired) electrons. The van der Waals surface area contributed by atoms with Gasteiger partial charge < -0.3 is 10.1 Å². The van der Waals surface area contributed by atoms with Gasteiger partial charge in [0, 0.05) is 18.7 Å². The highest BCUT2D eigenvalue weighted by Crippen LogP contribution is 2.19. The summed E-state index contributed by atoms with van der Waals surface area (Å²) < 4.78 is 32.8. The number of fused-ring (bicyclic) bond motifs is 1. The summed E-state index contributed by atoms with van der Waals surface area (Å²) in [6.45, 7) is 1.50. The lowest BCUT2D eigenvalue weighted by atomic mass is 10.1. The predicted octanol–water partition coefficient (Wildman–Crippen LogP) is 3.16. The highest BCUT2D eigenvalue weighted by atomic mass is 32.2. The van der Waals surface area contributed by atoms with E-state index < -0.39 is 10.0 Å². The molecule has 3 rings (SSSR count). The molecule has 0 fully saturated rings. The molecule has 0 aliphatic carbocycles. The third kappa shape index (κ3) is 5.82. The summed E-state index contributed by atoms with van der Waals surface area (Å²) in [4.78, 5) is 11.3. The normalized spacial score (nSPS) is 10.8.